The van der Waals surface area contributed by atoms with Gasteiger partial charge in [0.05, 0.1) is 16.8 Å². The van der Waals surface area contributed by atoms with Crippen LogP contribution >= 0.6 is 0 Å². The first-order chi connectivity index (χ1) is 7.14. The molecule has 0 bridgehead atoms. The molecule has 0 saturated carbocycles. The van der Waals surface area contributed by atoms with E-state index in [-0.39, 0.29) is 6.07 Å². The molecule has 7 heteroatoms. The summed E-state index contributed by atoms with van der Waals surface area (Å²) in [7, 11) is 0. The highest BCUT2D eigenvalue weighted by Gasteiger charge is 2.36. The molecule has 1 aromatic carbocycles. The van der Waals surface area contributed by atoms with Gasteiger partial charge in [0.2, 0.25) is 0 Å². The van der Waals surface area contributed by atoms with Crippen molar-refractivity contribution in [3.63, 3.8) is 0 Å². The van der Waals surface area contributed by atoms with E-state index in [1.165, 1.54) is 0 Å². The lowest BCUT2D eigenvalue weighted by molar-refractivity contribution is -0.143. The number of rotatable bonds is 1. The smallest absolute Gasteiger partial charge is 0.265 e. The highest BCUT2D eigenvalue weighted by atomic mass is 19.4. The number of nitrogens with zero attached hydrogens (tertiary/aromatic N) is 1. The molecule has 0 saturated heterocycles. The molecule has 1 aromatic rings. The van der Waals surface area contributed by atoms with Crippen LogP contribution in [0, 0.1) is 0 Å². The molecule has 0 amide bonds. The lowest BCUT2D eigenvalue weighted by atomic mass is 10.1. The molecular weight excluding hydrogens is 236 g/mol. The van der Waals surface area contributed by atoms with Gasteiger partial charge in [-0.25, -0.2) is 0 Å². The maximum atomic E-state index is 12.2. The van der Waals surface area contributed by atoms with Crippen LogP contribution in [-0.2, 0) is 12.4 Å². The summed E-state index contributed by atoms with van der Waals surface area (Å²) in [5.41, 5.74) is -3.27. The van der Waals surface area contributed by atoms with Crippen LogP contribution < -0.4 is 0 Å². The second kappa shape index (κ2) is 3.80. The van der Waals surface area contributed by atoms with Crippen LogP contribution in [0.4, 0.5) is 32.0 Å². The molecule has 0 radical (unpaired) electrons. The minimum atomic E-state index is -4.85. The molecule has 0 fully saturated rings. The third-order valence-electron chi connectivity index (χ3n) is 1.76. The fraction of sp³-hybridized carbons (Fsp3) is 0.222. The van der Waals surface area contributed by atoms with Crippen LogP contribution in [-0.4, -0.2) is 6.72 Å². The molecule has 0 N–H and O–H groups in total. The van der Waals surface area contributed by atoms with E-state index in [9.17, 15) is 26.3 Å². The first kappa shape index (κ1) is 12.5. The molecule has 0 aromatic heterocycles. The summed E-state index contributed by atoms with van der Waals surface area (Å²) in [5.74, 6) is 0. The van der Waals surface area contributed by atoms with Gasteiger partial charge >= 0.3 is 12.4 Å². The van der Waals surface area contributed by atoms with Crippen LogP contribution in [0.2, 0.25) is 0 Å². The molecule has 0 aliphatic carbocycles. The molecule has 0 spiro atoms. The summed E-state index contributed by atoms with van der Waals surface area (Å²) >= 11 is 0. The van der Waals surface area contributed by atoms with Crippen LogP contribution in [0.3, 0.4) is 0 Å². The zero-order valence-electron chi connectivity index (χ0n) is 7.65. The Hall–Kier alpha value is -1.53. The highest BCUT2D eigenvalue weighted by molar-refractivity contribution is 5.50. The van der Waals surface area contributed by atoms with Crippen molar-refractivity contribution in [2.45, 2.75) is 12.4 Å². The molecule has 0 heterocycles. The lowest BCUT2D eigenvalue weighted by Gasteiger charge is -2.12. The fourth-order valence-electron chi connectivity index (χ4n) is 1.03. The zero-order valence-corrected chi connectivity index (χ0v) is 7.65. The van der Waals surface area contributed by atoms with Gasteiger partial charge < -0.3 is 0 Å². The Balaban J connectivity index is 3.39. The predicted octanol–water partition coefficient (Wildman–Crippen LogP) is 4.06. The molecule has 0 aliphatic rings. The summed E-state index contributed by atoms with van der Waals surface area (Å²) in [4.78, 5) is 3.07. The summed E-state index contributed by atoms with van der Waals surface area (Å²) in [5, 5.41) is 0. The van der Waals surface area contributed by atoms with Crippen molar-refractivity contribution in [2.75, 3.05) is 0 Å². The highest BCUT2D eigenvalue weighted by Crippen LogP contribution is 2.37. The van der Waals surface area contributed by atoms with Crippen molar-refractivity contribution in [3.8, 4) is 0 Å². The first-order valence-corrected chi connectivity index (χ1v) is 3.91. The Morgan fingerprint density at radius 1 is 0.812 bits per heavy atom. The summed E-state index contributed by atoms with van der Waals surface area (Å²) in [6.07, 6.45) is -9.69. The van der Waals surface area contributed by atoms with Crippen molar-refractivity contribution in [3.05, 3.63) is 29.3 Å². The van der Waals surface area contributed by atoms with Gasteiger partial charge in [-0.3, -0.25) is 4.99 Å². The number of alkyl halides is 6. The Bertz CT molecular complexity index is 371. The predicted molar refractivity (Wildman–Crippen MR) is 45.7 cm³/mol. The van der Waals surface area contributed by atoms with Gasteiger partial charge in [-0.15, -0.1) is 0 Å². The standard InChI is InChI=1S/C9H5F6N/c1-16-7-3-5(8(10,11)12)2-6(4-7)9(13,14)15/h2-4H,1H2. The van der Waals surface area contributed by atoms with E-state index in [0.717, 1.165) is 0 Å². The number of halogens is 6. The van der Waals surface area contributed by atoms with Crippen molar-refractivity contribution < 1.29 is 26.3 Å². The van der Waals surface area contributed by atoms with E-state index in [1.54, 1.807) is 0 Å². The first-order valence-electron chi connectivity index (χ1n) is 3.91. The third-order valence-corrected chi connectivity index (χ3v) is 1.76. The van der Waals surface area contributed by atoms with Crippen LogP contribution in [0.1, 0.15) is 11.1 Å². The van der Waals surface area contributed by atoms with Crippen LogP contribution in [0.25, 0.3) is 0 Å². The van der Waals surface area contributed by atoms with Gasteiger partial charge in [0.15, 0.2) is 0 Å². The minimum absolute atomic E-state index is 0.0364. The maximum Gasteiger partial charge on any atom is 0.416 e. The Labute approximate surface area is 86.4 Å². The van der Waals surface area contributed by atoms with Crippen LogP contribution in [0.5, 0.6) is 0 Å². The van der Waals surface area contributed by atoms with E-state index >= 15 is 0 Å². The molecule has 0 aliphatic heterocycles. The number of hydrogen-bond donors (Lipinski definition) is 0. The summed E-state index contributed by atoms with van der Waals surface area (Å²) in [6, 6.07) is 1.04. The second-order valence-electron chi connectivity index (χ2n) is 2.92. The number of benzene rings is 1. The largest absolute Gasteiger partial charge is 0.416 e. The average Bonchev–Trinajstić information content (AvgIpc) is 2.14. The normalized spacial score (nSPS) is 12.6. The second-order valence-corrected chi connectivity index (χ2v) is 2.92. The molecule has 88 valence electrons. The van der Waals surface area contributed by atoms with Crippen molar-refractivity contribution in [1.29, 1.82) is 0 Å². The summed E-state index contributed by atoms with van der Waals surface area (Å²) in [6.45, 7) is 2.89. The number of aliphatic imine (C=N–C) groups is 1. The van der Waals surface area contributed by atoms with E-state index in [4.69, 9.17) is 0 Å². The molecule has 1 nitrogen and oxygen atoms in total. The van der Waals surface area contributed by atoms with Gasteiger partial charge in [-0.05, 0) is 24.9 Å². The Morgan fingerprint density at radius 2 is 1.19 bits per heavy atom. The molecule has 0 atom stereocenters. The van der Waals surface area contributed by atoms with Crippen molar-refractivity contribution in [2.24, 2.45) is 4.99 Å². The maximum absolute atomic E-state index is 12.2. The monoisotopic (exact) mass is 241 g/mol. The van der Waals surface area contributed by atoms with Gasteiger partial charge in [0.25, 0.3) is 0 Å². The molecular formula is C9H5F6N. The van der Waals surface area contributed by atoms with E-state index in [0.29, 0.717) is 12.1 Å². The molecule has 0 unspecified atom stereocenters. The van der Waals surface area contributed by atoms with Crippen molar-refractivity contribution >= 4 is 12.4 Å². The van der Waals surface area contributed by atoms with E-state index < -0.39 is 29.2 Å². The Kier molecular flexibility index (Phi) is 2.98. The van der Waals surface area contributed by atoms with Crippen LogP contribution in [0.15, 0.2) is 23.2 Å². The number of hydrogen-bond acceptors (Lipinski definition) is 1. The van der Waals surface area contributed by atoms with E-state index in [1.807, 2.05) is 0 Å². The average molecular weight is 241 g/mol. The van der Waals surface area contributed by atoms with Gasteiger partial charge in [0, 0.05) is 0 Å². The zero-order chi connectivity index (χ0) is 12.6. The fourth-order valence-corrected chi connectivity index (χ4v) is 1.03. The minimum Gasteiger partial charge on any atom is -0.265 e. The topological polar surface area (TPSA) is 12.4 Å². The lowest BCUT2D eigenvalue weighted by Crippen LogP contribution is -2.10. The van der Waals surface area contributed by atoms with Gasteiger partial charge in [0.1, 0.15) is 0 Å². The summed E-state index contributed by atoms with van der Waals surface area (Å²) < 4.78 is 73.5. The quantitative estimate of drug-likeness (QED) is 0.519. The van der Waals surface area contributed by atoms with Gasteiger partial charge in [-0.1, -0.05) is 0 Å². The molecule has 16 heavy (non-hydrogen) atoms. The van der Waals surface area contributed by atoms with E-state index in [2.05, 4.69) is 11.7 Å². The SMILES string of the molecule is C=Nc1cc(C(F)(F)F)cc(C(F)(F)F)c1. The van der Waals surface area contributed by atoms with Crippen molar-refractivity contribution in [1.82, 2.24) is 0 Å². The third kappa shape index (κ3) is 2.74. The Morgan fingerprint density at radius 3 is 1.44 bits per heavy atom. The molecule has 1 rings (SSSR count). The van der Waals surface area contributed by atoms with Gasteiger partial charge in [-0.2, -0.15) is 26.3 Å².